The first kappa shape index (κ1) is 17.1. The van der Waals surface area contributed by atoms with Crippen LogP contribution in [0.1, 0.15) is 33.6 Å². The number of urea groups is 1. The average molecular weight is 320 g/mol. The normalized spacial score (nSPS) is 16.0. The maximum atomic E-state index is 12.2. The summed E-state index contributed by atoms with van der Waals surface area (Å²) in [5, 5.41) is 11.8. The molecule has 1 aliphatic heterocycles. The number of carboxylic acid groups (broad SMARTS) is 1. The molecule has 0 aromatic heterocycles. The summed E-state index contributed by atoms with van der Waals surface area (Å²) in [7, 11) is 0. The van der Waals surface area contributed by atoms with Crippen LogP contribution in [0.25, 0.3) is 0 Å². The van der Waals surface area contributed by atoms with Crippen LogP contribution in [0.15, 0.2) is 24.3 Å². The van der Waals surface area contributed by atoms with E-state index < -0.39 is 5.97 Å². The van der Waals surface area contributed by atoms with Gasteiger partial charge in [0.25, 0.3) is 0 Å². The zero-order valence-corrected chi connectivity index (χ0v) is 13.8. The quantitative estimate of drug-likeness (QED) is 0.896. The SMILES string of the molecule is CC(C)(C)Oc1ccc(NC(=O)N2CCC(C(=O)O)CC2)cc1. The fourth-order valence-electron chi connectivity index (χ4n) is 2.49. The number of carbonyl (C=O) groups is 2. The second-order valence-corrected chi connectivity index (χ2v) is 6.77. The topological polar surface area (TPSA) is 78.9 Å². The van der Waals surface area contributed by atoms with Gasteiger partial charge < -0.3 is 20.1 Å². The molecule has 6 nitrogen and oxygen atoms in total. The summed E-state index contributed by atoms with van der Waals surface area (Å²) in [4.78, 5) is 24.8. The van der Waals surface area contributed by atoms with Gasteiger partial charge in [-0.25, -0.2) is 4.79 Å². The van der Waals surface area contributed by atoms with Crippen LogP contribution in [-0.4, -0.2) is 40.7 Å². The number of anilines is 1. The van der Waals surface area contributed by atoms with Crippen molar-refractivity contribution in [1.29, 1.82) is 0 Å². The van der Waals surface area contributed by atoms with E-state index in [0.717, 1.165) is 5.75 Å². The number of amides is 2. The third-order valence-corrected chi connectivity index (χ3v) is 3.66. The highest BCUT2D eigenvalue weighted by Gasteiger charge is 2.26. The van der Waals surface area contributed by atoms with Gasteiger partial charge in [-0.2, -0.15) is 0 Å². The fourth-order valence-corrected chi connectivity index (χ4v) is 2.49. The Morgan fingerprint density at radius 1 is 1.17 bits per heavy atom. The molecule has 2 amide bonds. The van der Waals surface area contributed by atoms with E-state index in [1.54, 1.807) is 17.0 Å². The van der Waals surface area contributed by atoms with Crippen molar-refractivity contribution >= 4 is 17.7 Å². The van der Waals surface area contributed by atoms with Gasteiger partial charge in [-0.3, -0.25) is 4.79 Å². The van der Waals surface area contributed by atoms with E-state index in [0.29, 0.717) is 31.6 Å². The molecule has 23 heavy (non-hydrogen) atoms. The van der Waals surface area contributed by atoms with Gasteiger partial charge in [0.15, 0.2) is 0 Å². The standard InChI is InChI=1S/C17H24N2O4/c1-17(2,3)23-14-6-4-13(5-7-14)18-16(22)19-10-8-12(9-11-19)15(20)21/h4-7,12H,8-11H2,1-3H3,(H,18,22)(H,20,21). The van der Waals surface area contributed by atoms with E-state index >= 15 is 0 Å². The summed E-state index contributed by atoms with van der Waals surface area (Å²) in [5.74, 6) is -0.370. The lowest BCUT2D eigenvalue weighted by molar-refractivity contribution is -0.143. The van der Waals surface area contributed by atoms with E-state index in [1.165, 1.54) is 0 Å². The minimum atomic E-state index is -0.778. The molecule has 2 rings (SSSR count). The number of carboxylic acids is 1. The highest BCUT2D eigenvalue weighted by Crippen LogP contribution is 2.22. The third-order valence-electron chi connectivity index (χ3n) is 3.66. The van der Waals surface area contributed by atoms with Gasteiger partial charge in [0.2, 0.25) is 0 Å². The molecule has 126 valence electrons. The van der Waals surface area contributed by atoms with E-state index in [4.69, 9.17) is 9.84 Å². The number of ether oxygens (including phenoxy) is 1. The molecule has 2 N–H and O–H groups in total. The maximum absolute atomic E-state index is 12.2. The molecule has 0 unspecified atom stereocenters. The van der Waals surface area contributed by atoms with Crippen molar-refractivity contribution < 1.29 is 19.4 Å². The molecule has 1 fully saturated rings. The lowest BCUT2D eigenvalue weighted by atomic mass is 9.97. The van der Waals surface area contributed by atoms with Crippen molar-refractivity contribution in [1.82, 2.24) is 4.90 Å². The predicted octanol–water partition coefficient (Wildman–Crippen LogP) is 3.19. The summed E-state index contributed by atoms with van der Waals surface area (Å²) in [6.45, 7) is 6.86. The van der Waals surface area contributed by atoms with Gasteiger partial charge in [0.1, 0.15) is 11.4 Å². The Labute approximate surface area is 136 Å². The molecule has 0 aliphatic carbocycles. The number of carbonyl (C=O) groups excluding carboxylic acids is 1. The van der Waals surface area contributed by atoms with Crippen LogP contribution < -0.4 is 10.1 Å². The number of hydrogen-bond donors (Lipinski definition) is 2. The summed E-state index contributed by atoms with van der Waals surface area (Å²) in [5.41, 5.74) is 0.427. The van der Waals surface area contributed by atoms with Crippen LogP contribution in [0, 0.1) is 5.92 Å². The fraction of sp³-hybridized carbons (Fsp3) is 0.529. The number of hydrogen-bond acceptors (Lipinski definition) is 3. The van der Waals surface area contributed by atoms with E-state index in [9.17, 15) is 9.59 Å². The van der Waals surface area contributed by atoms with Crippen LogP contribution >= 0.6 is 0 Å². The molecule has 6 heteroatoms. The van der Waals surface area contributed by atoms with Gasteiger partial charge in [-0.05, 0) is 57.9 Å². The highest BCUT2D eigenvalue weighted by molar-refractivity contribution is 5.89. The van der Waals surface area contributed by atoms with E-state index in [1.807, 2.05) is 32.9 Å². The van der Waals surface area contributed by atoms with Crippen molar-refractivity contribution in [3.05, 3.63) is 24.3 Å². The molecule has 1 aromatic rings. The van der Waals surface area contributed by atoms with Gasteiger partial charge in [-0.15, -0.1) is 0 Å². The Morgan fingerprint density at radius 2 is 1.74 bits per heavy atom. The van der Waals surface area contributed by atoms with Crippen molar-refractivity contribution in [2.75, 3.05) is 18.4 Å². The number of rotatable bonds is 3. The number of likely N-dealkylation sites (tertiary alicyclic amines) is 1. The average Bonchev–Trinajstić information content (AvgIpc) is 2.48. The summed E-state index contributed by atoms with van der Waals surface area (Å²) in [6, 6.07) is 7.03. The first-order valence-electron chi connectivity index (χ1n) is 7.82. The largest absolute Gasteiger partial charge is 0.488 e. The lowest BCUT2D eigenvalue weighted by Gasteiger charge is -2.30. The van der Waals surface area contributed by atoms with Crippen LogP contribution in [0.4, 0.5) is 10.5 Å². The summed E-state index contributed by atoms with van der Waals surface area (Å²) < 4.78 is 5.73. The molecule has 0 radical (unpaired) electrons. The number of aliphatic carboxylic acids is 1. The molecule has 1 aromatic carbocycles. The third kappa shape index (κ3) is 5.16. The molecular weight excluding hydrogens is 296 g/mol. The Hall–Kier alpha value is -2.24. The highest BCUT2D eigenvalue weighted by atomic mass is 16.5. The molecule has 0 atom stereocenters. The Kier molecular flexibility index (Phi) is 5.13. The van der Waals surface area contributed by atoms with Gasteiger partial charge >= 0.3 is 12.0 Å². The van der Waals surface area contributed by atoms with Crippen molar-refractivity contribution in [2.45, 2.75) is 39.2 Å². The molecule has 0 spiro atoms. The van der Waals surface area contributed by atoms with Crippen molar-refractivity contribution in [3.8, 4) is 5.75 Å². The van der Waals surface area contributed by atoms with Crippen LogP contribution in [0.5, 0.6) is 5.75 Å². The monoisotopic (exact) mass is 320 g/mol. The Balaban J connectivity index is 1.87. The van der Waals surface area contributed by atoms with E-state index in [2.05, 4.69) is 5.32 Å². The van der Waals surface area contributed by atoms with Gasteiger partial charge in [0, 0.05) is 18.8 Å². The van der Waals surface area contributed by atoms with Crippen LogP contribution in [0.2, 0.25) is 0 Å². The van der Waals surface area contributed by atoms with Crippen LogP contribution in [-0.2, 0) is 4.79 Å². The smallest absolute Gasteiger partial charge is 0.321 e. The van der Waals surface area contributed by atoms with Gasteiger partial charge in [0.05, 0.1) is 5.92 Å². The van der Waals surface area contributed by atoms with E-state index in [-0.39, 0.29) is 17.6 Å². The van der Waals surface area contributed by atoms with Gasteiger partial charge in [-0.1, -0.05) is 0 Å². The predicted molar refractivity (Wildman–Crippen MR) is 87.8 cm³/mol. The first-order valence-corrected chi connectivity index (χ1v) is 7.82. The minimum Gasteiger partial charge on any atom is -0.488 e. The number of benzene rings is 1. The second kappa shape index (κ2) is 6.89. The Morgan fingerprint density at radius 3 is 2.22 bits per heavy atom. The summed E-state index contributed by atoms with van der Waals surface area (Å²) in [6.07, 6.45) is 1.00. The lowest BCUT2D eigenvalue weighted by Crippen LogP contribution is -2.42. The van der Waals surface area contributed by atoms with Crippen molar-refractivity contribution in [2.24, 2.45) is 5.92 Å². The number of piperidine rings is 1. The molecule has 1 heterocycles. The molecule has 0 bridgehead atoms. The van der Waals surface area contributed by atoms with Crippen LogP contribution in [0.3, 0.4) is 0 Å². The maximum Gasteiger partial charge on any atom is 0.321 e. The van der Waals surface area contributed by atoms with Crippen molar-refractivity contribution in [3.63, 3.8) is 0 Å². The zero-order valence-electron chi connectivity index (χ0n) is 13.8. The number of nitrogens with zero attached hydrogens (tertiary/aromatic N) is 1. The minimum absolute atomic E-state index is 0.196. The molecule has 1 saturated heterocycles. The first-order chi connectivity index (χ1) is 10.7. The zero-order chi connectivity index (χ0) is 17.0. The second-order valence-electron chi connectivity index (χ2n) is 6.77. The molecular formula is C17H24N2O4. The molecule has 1 aliphatic rings. The number of nitrogens with one attached hydrogen (secondary N) is 1. The summed E-state index contributed by atoms with van der Waals surface area (Å²) >= 11 is 0. The molecule has 0 saturated carbocycles. The Bertz CT molecular complexity index is 555.